The van der Waals surface area contributed by atoms with Crippen LogP contribution >= 0.6 is 0 Å². The average molecular weight is 471 g/mol. The van der Waals surface area contributed by atoms with E-state index >= 15 is 0 Å². The number of rotatable bonds is 12. The molecule has 2 fully saturated rings. The van der Waals surface area contributed by atoms with Crippen molar-refractivity contribution in [3.8, 4) is 0 Å². The van der Waals surface area contributed by atoms with Gasteiger partial charge in [0, 0.05) is 52.4 Å². The zero-order valence-electron chi connectivity index (χ0n) is 21.2. The van der Waals surface area contributed by atoms with Crippen molar-refractivity contribution in [2.75, 3.05) is 27.9 Å². The lowest BCUT2D eigenvalue weighted by Gasteiger charge is -2.50. The monoisotopic (exact) mass is 470 g/mol. The van der Waals surface area contributed by atoms with E-state index in [1.54, 1.807) is 27.4 Å². The molecule has 7 atom stereocenters. The molecule has 8 heteroatoms. The number of methoxy groups -OCH3 is 3. The molecule has 2 aliphatic rings. The summed E-state index contributed by atoms with van der Waals surface area (Å²) < 4.78 is 35.7. The normalized spacial score (nSPS) is 34.5. The average Bonchev–Trinajstić information content (AvgIpc) is 2.80. The second kappa shape index (κ2) is 13.1. The maximum Gasteiger partial charge on any atom is 0.186 e. The highest BCUT2D eigenvalue weighted by Crippen LogP contribution is 2.42. The molecule has 0 aromatic heterocycles. The second-order valence-electron chi connectivity index (χ2n) is 9.36. The number of hydrogen-bond acceptors (Lipinski definition) is 8. The highest BCUT2D eigenvalue weighted by molar-refractivity contribution is 5.89. The predicted molar refractivity (Wildman–Crippen MR) is 123 cm³/mol. The Bertz CT molecular complexity index is 661. The summed E-state index contributed by atoms with van der Waals surface area (Å²) in [6, 6.07) is 0. The SMILES string of the molecule is CCC(=O)/C=C/C[C@@H]1O[C@H](CC(=O)CC)C[C@H](O[C@@H]2OC[C@@H](OC)[C@H](OC)[C@H]2OC)C1(C)C. The van der Waals surface area contributed by atoms with Crippen LogP contribution in [0.1, 0.15) is 59.8 Å². The molecule has 0 aromatic rings. The van der Waals surface area contributed by atoms with E-state index < -0.39 is 17.8 Å². The third-order valence-corrected chi connectivity index (χ3v) is 6.87. The Hall–Kier alpha value is -1.16. The number of carbonyl (C=O) groups excluding carboxylic acids is 2. The van der Waals surface area contributed by atoms with E-state index in [9.17, 15) is 9.59 Å². The molecule has 0 saturated carbocycles. The van der Waals surface area contributed by atoms with Gasteiger partial charge in [-0.05, 0) is 12.5 Å². The van der Waals surface area contributed by atoms with E-state index in [0.29, 0.717) is 38.7 Å². The van der Waals surface area contributed by atoms with E-state index in [0.717, 1.165) is 0 Å². The van der Waals surface area contributed by atoms with E-state index in [1.165, 1.54) is 0 Å². The molecule has 0 spiro atoms. The molecule has 33 heavy (non-hydrogen) atoms. The molecule has 2 aliphatic heterocycles. The first-order valence-corrected chi connectivity index (χ1v) is 11.9. The first kappa shape index (κ1) is 28.1. The maximum atomic E-state index is 12.2. The van der Waals surface area contributed by atoms with Crippen LogP contribution in [0.5, 0.6) is 0 Å². The van der Waals surface area contributed by atoms with Crippen LogP contribution in [0, 0.1) is 5.41 Å². The predicted octanol–water partition coefficient (Wildman–Crippen LogP) is 3.25. The van der Waals surface area contributed by atoms with Gasteiger partial charge in [-0.3, -0.25) is 9.59 Å². The number of ether oxygens (including phenoxy) is 6. The van der Waals surface area contributed by atoms with Crippen molar-refractivity contribution >= 4 is 11.6 Å². The summed E-state index contributed by atoms with van der Waals surface area (Å²) in [5, 5.41) is 0. The molecular formula is C25H42O8. The van der Waals surface area contributed by atoms with Crippen LogP contribution in [0.4, 0.5) is 0 Å². The first-order valence-electron chi connectivity index (χ1n) is 11.9. The minimum atomic E-state index is -0.644. The van der Waals surface area contributed by atoms with Gasteiger partial charge < -0.3 is 28.4 Å². The van der Waals surface area contributed by atoms with Gasteiger partial charge in [0.2, 0.25) is 0 Å². The topological polar surface area (TPSA) is 89.5 Å². The van der Waals surface area contributed by atoms with Gasteiger partial charge in [0.15, 0.2) is 12.1 Å². The summed E-state index contributed by atoms with van der Waals surface area (Å²) in [5.41, 5.74) is -0.395. The minimum absolute atomic E-state index is 0.0750. The summed E-state index contributed by atoms with van der Waals surface area (Å²) in [4.78, 5) is 23.9. The van der Waals surface area contributed by atoms with E-state index in [1.807, 2.05) is 19.9 Å². The summed E-state index contributed by atoms with van der Waals surface area (Å²) in [6.45, 7) is 8.20. The van der Waals surface area contributed by atoms with E-state index in [2.05, 4.69) is 13.8 Å². The third-order valence-electron chi connectivity index (χ3n) is 6.87. The summed E-state index contributed by atoms with van der Waals surface area (Å²) in [6.07, 6.45) is 3.42. The van der Waals surface area contributed by atoms with Gasteiger partial charge in [-0.1, -0.05) is 33.8 Å². The molecule has 0 aliphatic carbocycles. The molecule has 0 amide bonds. The van der Waals surface area contributed by atoms with Crippen LogP contribution in [0.2, 0.25) is 0 Å². The molecule has 8 nitrogen and oxygen atoms in total. The molecule has 2 heterocycles. The molecule has 190 valence electrons. The minimum Gasteiger partial charge on any atom is -0.376 e. The standard InChI is InChI=1S/C25H42O8/c1-8-16(26)11-10-12-20-25(3,4)21(14-18(32-20)13-17(27)9-2)33-24-23(30-7)22(29-6)19(28-5)15-31-24/h10-11,18-24H,8-9,12-15H2,1-7H3/b11-10+/t18-,19-,20+,21+,22+,23-,24+/m1/s1. The Kier molecular flexibility index (Phi) is 11.1. The molecular weight excluding hydrogens is 428 g/mol. The van der Waals surface area contributed by atoms with Gasteiger partial charge in [0.05, 0.1) is 24.9 Å². The fourth-order valence-electron chi connectivity index (χ4n) is 4.53. The number of allylic oxidation sites excluding steroid dienone is 1. The van der Waals surface area contributed by atoms with Crippen molar-refractivity contribution in [3.63, 3.8) is 0 Å². The van der Waals surface area contributed by atoms with Gasteiger partial charge >= 0.3 is 0 Å². The van der Waals surface area contributed by atoms with Crippen molar-refractivity contribution in [3.05, 3.63) is 12.2 Å². The van der Waals surface area contributed by atoms with Crippen LogP contribution in [0.15, 0.2) is 12.2 Å². The van der Waals surface area contributed by atoms with Crippen LogP contribution in [-0.2, 0) is 38.0 Å². The molecule has 0 unspecified atom stereocenters. The van der Waals surface area contributed by atoms with Gasteiger partial charge in [0.25, 0.3) is 0 Å². The molecule has 0 bridgehead atoms. The fraction of sp³-hybridized carbons (Fsp3) is 0.840. The van der Waals surface area contributed by atoms with E-state index in [-0.39, 0.29) is 42.1 Å². The Morgan fingerprint density at radius 3 is 2.30 bits per heavy atom. The molecule has 0 radical (unpaired) electrons. The van der Waals surface area contributed by atoms with Crippen molar-refractivity contribution in [2.45, 2.75) is 103 Å². The van der Waals surface area contributed by atoms with E-state index in [4.69, 9.17) is 28.4 Å². The quantitative estimate of drug-likeness (QED) is 0.402. The number of hydrogen-bond donors (Lipinski definition) is 0. The van der Waals surface area contributed by atoms with Crippen molar-refractivity contribution in [2.24, 2.45) is 5.41 Å². The Balaban J connectivity index is 2.22. The Morgan fingerprint density at radius 2 is 1.73 bits per heavy atom. The van der Waals surface area contributed by atoms with Crippen LogP contribution in [-0.4, -0.2) is 82.4 Å². The summed E-state index contributed by atoms with van der Waals surface area (Å²) in [5.74, 6) is 0.228. The molecule has 0 N–H and O–H groups in total. The van der Waals surface area contributed by atoms with Gasteiger partial charge in [0.1, 0.15) is 24.1 Å². The maximum absolute atomic E-state index is 12.2. The molecule has 2 saturated heterocycles. The highest BCUT2D eigenvalue weighted by Gasteiger charge is 2.49. The zero-order chi connectivity index (χ0) is 24.6. The van der Waals surface area contributed by atoms with Crippen molar-refractivity contribution < 1.29 is 38.0 Å². The Labute approximate surface area is 198 Å². The van der Waals surface area contributed by atoms with Crippen molar-refractivity contribution in [1.82, 2.24) is 0 Å². The highest BCUT2D eigenvalue weighted by atomic mass is 16.7. The van der Waals surface area contributed by atoms with Gasteiger partial charge in [-0.15, -0.1) is 0 Å². The molecule has 0 aromatic carbocycles. The lowest BCUT2D eigenvalue weighted by molar-refractivity contribution is -0.317. The van der Waals surface area contributed by atoms with Gasteiger partial charge in [-0.25, -0.2) is 0 Å². The summed E-state index contributed by atoms with van der Waals surface area (Å²) >= 11 is 0. The van der Waals surface area contributed by atoms with Crippen LogP contribution < -0.4 is 0 Å². The van der Waals surface area contributed by atoms with Crippen LogP contribution in [0.3, 0.4) is 0 Å². The zero-order valence-corrected chi connectivity index (χ0v) is 21.2. The van der Waals surface area contributed by atoms with Gasteiger partial charge in [-0.2, -0.15) is 0 Å². The third kappa shape index (κ3) is 7.16. The summed E-state index contributed by atoms with van der Waals surface area (Å²) in [7, 11) is 4.84. The van der Waals surface area contributed by atoms with Crippen molar-refractivity contribution in [1.29, 1.82) is 0 Å². The lowest BCUT2D eigenvalue weighted by atomic mass is 9.74. The lowest BCUT2D eigenvalue weighted by Crippen LogP contribution is -2.59. The second-order valence-corrected chi connectivity index (χ2v) is 9.36. The Morgan fingerprint density at radius 1 is 1.03 bits per heavy atom. The largest absolute Gasteiger partial charge is 0.376 e. The number of ketones is 2. The first-order chi connectivity index (χ1) is 15.7. The smallest absolute Gasteiger partial charge is 0.186 e. The number of Topliss-reactive ketones (excluding diaryl/α,β-unsaturated/α-hetero) is 1. The van der Waals surface area contributed by atoms with Crippen LogP contribution in [0.25, 0.3) is 0 Å². The fourth-order valence-corrected chi connectivity index (χ4v) is 4.53. The number of carbonyl (C=O) groups is 2. The molecule has 2 rings (SSSR count).